The molecule has 0 atom stereocenters. The molecule has 1 aromatic heterocycles. The van der Waals surface area contributed by atoms with Gasteiger partial charge in [0.05, 0.1) is 11.0 Å². The van der Waals surface area contributed by atoms with Crippen LogP contribution in [-0.2, 0) is 0 Å². The largest absolute Gasteiger partial charge is 0.309 e. The van der Waals surface area contributed by atoms with Gasteiger partial charge in [-0.2, -0.15) is 0 Å². The second kappa shape index (κ2) is 6.86. The fourth-order valence-electron chi connectivity index (χ4n) is 4.54. The van der Waals surface area contributed by atoms with Crippen molar-refractivity contribution in [1.82, 2.24) is 4.57 Å². The summed E-state index contributed by atoms with van der Waals surface area (Å²) in [5, 5.41) is 5.10. The van der Waals surface area contributed by atoms with Crippen molar-refractivity contribution in [2.45, 2.75) is 0 Å². The van der Waals surface area contributed by atoms with E-state index in [4.69, 9.17) is 0 Å². The molecule has 1 nitrogen and oxygen atoms in total. The fraction of sp³-hybridized carbons (Fsp3) is 0. The summed E-state index contributed by atoms with van der Waals surface area (Å²) in [4.78, 5) is 0. The van der Waals surface area contributed by atoms with Crippen LogP contribution < -0.4 is 0 Å². The normalized spacial score (nSPS) is 11.5. The molecule has 0 fully saturated rings. The molecule has 0 bridgehead atoms. The third-order valence-electron chi connectivity index (χ3n) is 5.84. The average molecular weight is 448 g/mol. The number of halogens is 1. The number of benzene rings is 5. The summed E-state index contributed by atoms with van der Waals surface area (Å²) >= 11 is 3.57. The highest BCUT2D eigenvalue weighted by molar-refractivity contribution is 9.10. The number of rotatable bonds is 2. The van der Waals surface area contributed by atoms with E-state index in [1.54, 1.807) is 0 Å². The Kier molecular flexibility index (Phi) is 4.00. The van der Waals surface area contributed by atoms with E-state index < -0.39 is 0 Å². The van der Waals surface area contributed by atoms with Crippen LogP contribution in [0.3, 0.4) is 0 Å². The maximum absolute atomic E-state index is 3.57. The van der Waals surface area contributed by atoms with E-state index in [1.165, 1.54) is 49.4 Å². The van der Waals surface area contributed by atoms with Crippen molar-refractivity contribution in [2.24, 2.45) is 0 Å². The van der Waals surface area contributed by atoms with Gasteiger partial charge in [-0.05, 0) is 52.9 Å². The lowest BCUT2D eigenvalue weighted by Crippen LogP contribution is -1.94. The quantitative estimate of drug-likeness (QED) is 0.251. The molecule has 0 radical (unpaired) electrons. The fourth-order valence-corrected chi connectivity index (χ4v) is 4.80. The van der Waals surface area contributed by atoms with E-state index in [0.717, 1.165) is 4.47 Å². The summed E-state index contributed by atoms with van der Waals surface area (Å²) < 4.78 is 3.50. The van der Waals surface area contributed by atoms with Crippen LogP contribution in [0.5, 0.6) is 0 Å². The smallest absolute Gasteiger partial charge is 0.0619 e. The Labute approximate surface area is 183 Å². The number of hydrogen-bond acceptors (Lipinski definition) is 0. The Morgan fingerprint density at radius 1 is 0.533 bits per heavy atom. The zero-order valence-corrected chi connectivity index (χ0v) is 17.8. The molecule has 6 aromatic rings. The van der Waals surface area contributed by atoms with Crippen LogP contribution in [0.2, 0.25) is 0 Å². The number of hydrogen-bond donors (Lipinski definition) is 0. The lowest BCUT2D eigenvalue weighted by atomic mass is 9.95. The van der Waals surface area contributed by atoms with E-state index in [2.05, 4.69) is 130 Å². The van der Waals surface area contributed by atoms with Gasteiger partial charge in [-0.25, -0.2) is 0 Å². The summed E-state index contributed by atoms with van der Waals surface area (Å²) in [6.45, 7) is 0. The van der Waals surface area contributed by atoms with Gasteiger partial charge < -0.3 is 4.57 Å². The van der Waals surface area contributed by atoms with Gasteiger partial charge in [-0.15, -0.1) is 0 Å². The first-order valence-electron chi connectivity index (χ1n) is 10.1. The Bertz CT molecular complexity index is 1530. The molecule has 0 spiro atoms. The van der Waals surface area contributed by atoms with Crippen LogP contribution >= 0.6 is 15.9 Å². The van der Waals surface area contributed by atoms with Crippen LogP contribution in [0.1, 0.15) is 0 Å². The standard InChI is InChI=1S/C28H18BrN/c29-20-16-14-19(15-17-20)25-18-26-23-11-6-7-13-27(23)30(21-8-2-1-3-9-21)28(26)24-12-5-4-10-22(24)25/h1-18H. The molecule has 0 aliphatic heterocycles. The Balaban J connectivity index is 1.83. The zero-order chi connectivity index (χ0) is 20.1. The van der Waals surface area contributed by atoms with Crippen molar-refractivity contribution in [3.63, 3.8) is 0 Å². The third-order valence-corrected chi connectivity index (χ3v) is 6.37. The van der Waals surface area contributed by atoms with E-state index in [9.17, 15) is 0 Å². The molecule has 0 saturated heterocycles. The van der Waals surface area contributed by atoms with Crippen molar-refractivity contribution in [3.8, 4) is 16.8 Å². The minimum Gasteiger partial charge on any atom is -0.309 e. The van der Waals surface area contributed by atoms with Gasteiger partial charge in [0.15, 0.2) is 0 Å². The Morgan fingerprint density at radius 3 is 1.93 bits per heavy atom. The van der Waals surface area contributed by atoms with Gasteiger partial charge >= 0.3 is 0 Å². The predicted molar refractivity (Wildman–Crippen MR) is 131 cm³/mol. The summed E-state index contributed by atoms with van der Waals surface area (Å²) in [7, 11) is 0. The molecule has 0 saturated carbocycles. The summed E-state index contributed by atoms with van der Waals surface area (Å²) in [5.41, 5.74) is 6.18. The minimum atomic E-state index is 1.09. The van der Waals surface area contributed by atoms with Crippen LogP contribution in [0.4, 0.5) is 0 Å². The number of fused-ring (bicyclic) bond motifs is 5. The highest BCUT2D eigenvalue weighted by Gasteiger charge is 2.17. The molecule has 30 heavy (non-hydrogen) atoms. The topological polar surface area (TPSA) is 4.93 Å². The van der Waals surface area contributed by atoms with Crippen LogP contribution in [0, 0.1) is 0 Å². The molecular weight excluding hydrogens is 430 g/mol. The minimum absolute atomic E-state index is 1.09. The second-order valence-electron chi connectivity index (χ2n) is 7.56. The highest BCUT2D eigenvalue weighted by atomic mass is 79.9. The molecule has 0 aliphatic carbocycles. The first-order valence-corrected chi connectivity index (χ1v) is 10.9. The molecule has 6 rings (SSSR count). The zero-order valence-electron chi connectivity index (χ0n) is 16.2. The highest BCUT2D eigenvalue weighted by Crippen LogP contribution is 2.41. The summed E-state index contributed by atoms with van der Waals surface area (Å²) in [6.07, 6.45) is 0. The summed E-state index contributed by atoms with van der Waals surface area (Å²) in [6, 6.07) is 39.1. The molecule has 0 unspecified atom stereocenters. The van der Waals surface area contributed by atoms with Crippen LogP contribution in [0.15, 0.2) is 114 Å². The number of nitrogens with zero attached hydrogens (tertiary/aromatic N) is 1. The van der Waals surface area contributed by atoms with Gasteiger partial charge in [0.2, 0.25) is 0 Å². The van der Waals surface area contributed by atoms with Crippen molar-refractivity contribution in [3.05, 3.63) is 114 Å². The number of para-hydroxylation sites is 2. The maximum Gasteiger partial charge on any atom is 0.0619 e. The maximum atomic E-state index is 3.57. The molecule has 0 N–H and O–H groups in total. The van der Waals surface area contributed by atoms with Crippen molar-refractivity contribution in [1.29, 1.82) is 0 Å². The van der Waals surface area contributed by atoms with Crippen molar-refractivity contribution < 1.29 is 0 Å². The van der Waals surface area contributed by atoms with Gasteiger partial charge in [-0.1, -0.05) is 88.7 Å². The molecule has 0 aliphatic rings. The molecule has 2 heteroatoms. The molecule has 1 heterocycles. The number of aromatic nitrogens is 1. The lowest BCUT2D eigenvalue weighted by Gasteiger charge is -2.13. The molecule has 0 amide bonds. The van der Waals surface area contributed by atoms with Crippen molar-refractivity contribution >= 4 is 48.5 Å². The third kappa shape index (κ3) is 2.61. The first-order chi connectivity index (χ1) is 14.8. The lowest BCUT2D eigenvalue weighted by molar-refractivity contribution is 1.19. The van der Waals surface area contributed by atoms with E-state index in [0.29, 0.717) is 0 Å². The second-order valence-corrected chi connectivity index (χ2v) is 8.48. The summed E-state index contributed by atoms with van der Waals surface area (Å²) in [5.74, 6) is 0. The Hall–Kier alpha value is -3.36. The van der Waals surface area contributed by atoms with Crippen molar-refractivity contribution in [2.75, 3.05) is 0 Å². The van der Waals surface area contributed by atoms with E-state index in [1.807, 2.05) is 0 Å². The molecular formula is C28H18BrN. The van der Waals surface area contributed by atoms with Crippen LogP contribution in [-0.4, -0.2) is 4.57 Å². The van der Waals surface area contributed by atoms with Crippen LogP contribution in [0.25, 0.3) is 49.4 Å². The van der Waals surface area contributed by atoms with Gasteiger partial charge in [0.1, 0.15) is 0 Å². The Morgan fingerprint density at radius 2 is 1.17 bits per heavy atom. The van der Waals surface area contributed by atoms with Gasteiger partial charge in [0.25, 0.3) is 0 Å². The first kappa shape index (κ1) is 17.5. The SMILES string of the molecule is Brc1ccc(-c2cc3c4ccccc4n(-c4ccccc4)c3c3ccccc23)cc1. The predicted octanol–water partition coefficient (Wildman–Crippen LogP) is 8.37. The molecule has 142 valence electrons. The average Bonchev–Trinajstić information content (AvgIpc) is 3.14. The molecule has 5 aromatic carbocycles. The van der Waals surface area contributed by atoms with E-state index >= 15 is 0 Å². The van der Waals surface area contributed by atoms with E-state index in [-0.39, 0.29) is 0 Å². The monoisotopic (exact) mass is 447 g/mol. The van der Waals surface area contributed by atoms with Gasteiger partial charge in [-0.3, -0.25) is 0 Å². The van der Waals surface area contributed by atoms with Gasteiger partial charge in [0, 0.05) is 26.3 Å².